The van der Waals surface area contributed by atoms with Gasteiger partial charge in [0.1, 0.15) is 6.61 Å². The van der Waals surface area contributed by atoms with Crippen molar-refractivity contribution in [3.8, 4) is 11.5 Å². The van der Waals surface area contributed by atoms with E-state index in [1.807, 2.05) is 22.9 Å². The summed E-state index contributed by atoms with van der Waals surface area (Å²) in [7, 11) is 1.62. The van der Waals surface area contributed by atoms with Crippen LogP contribution in [0, 0.1) is 0 Å². The molecular formula is C15H20ClN3O2. The van der Waals surface area contributed by atoms with Crippen LogP contribution in [0.3, 0.4) is 0 Å². The Morgan fingerprint density at radius 3 is 2.90 bits per heavy atom. The fourth-order valence-corrected chi connectivity index (χ4v) is 2.24. The average molecular weight is 310 g/mol. The Hall–Kier alpha value is -1.72. The van der Waals surface area contributed by atoms with Crippen LogP contribution < -0.4 is 14.8 Å². The number of ether oxygens (including phenoxy) is 2. The van der Waals surface area contributed by atoms with Gasteiger partial charge in [-0.15, -0.1) is 0 Å². The van der Waals surface area contributed by atoms with Crippen LogP contribution in [-0.4, -0.2) is 29.8 Å². The van der Waals surface area contributed by atoms with E-state index in [1.54, 1.807) is 19.6 Å². The van der Waals surface area contributed by atoms with Crippen molar-refractivity contribution in [2.24, 2.45) is 0 Å². The third-order valence-corrected chi connectivity index (χ3v) is 3.30. The van der Waals surface area contributed by atoms with Crippen molar-refractivity contribution < 1.29 is 9.47 Å². The van der Waals surface area contributed by atoms with E-state index >= 15 is 0 Å². The van der Waals surface area contributed by atoms with Crippen LogP contribution in [0.25, 0.3) is 0 Å². The second-order valence-electron chi connectivity index (χ2n) is 4.54. The summed E-state index contributed by atoms with van der Waals surface area (Å²) >= 11 is 6.30. The van der Waals surface area contributed by atoms with Gasteiger partial charge in [-0.1, -0.05) is 18.5 Å². The standard InChI is InChI=1S/C15H20ClN3O2/c1-3-17-10-12-8-13(16)15(14(9-12)20-2)21-7-6-19-5-4-18-11-19/h4-5,8-9,11,17H,3,6-7,10H2,1-2H3. The minimum atomic E-state index is 0.499. The first kappa shape index (κ1) is 15.7. The Morgan fingerprint density at radius 1 is 1.38 bits per heavy atom. The van der Waals surface area contributed by atoms with Gasteiger partial charge in [0.25, 0.3) is 0 Å². The molecule has 0 aliphatic carbocycles. The Labute approximate surface area is 129 Å². The molecule has 114 valence electrons. The maximum atomic E-state index is 6.30. The van der Waals surface area contributed by atoms with Crippen molar-refractivity contribution in [2.45, 2.75) is 20.0 Å². The lowest BCUT2D eigenvalue weighted by Gasteiger charge is -2.14. The number of hydrogen-bond donors (Lipinski definition) is 1. The van der Waals surface area contributed by atoms with Crippen molar-refractivity contribution in [3.63, 3.8) is 0 Å². The summed E-state index contributed by atoms with van der Waals surface area (Å²) in [6, 6.07) is 3.85. The van der Waals surface area contributed by atoms with Gasteiger partial charge in [0, 0.05) is 18.9 Å². The fourth-order valence-electron chi connectivity index (χ4n) is 1.96. The highest BCUT2D eigenvalue weighted by molar-refractivity contribution is 6.32. The summed E-state index contributed by atoms with van der Waals surface area (Å²) in [5.41, 5.74) is 1.07. The molecule has 0 radical (unpaired) electrons. The van der Waals surface area contributed by atoms with Gasteiger partial charge >= 0.3 is 0 Å². The molecule has 1 aromatic heterocycles. The lowest BCUT2D eigenvalue weighted by Crippen LogP contribution is -2.12. The third kappa shape index (κ3) is 4.37. The molecule has 21 heavy (non-hydrogen) atoms. The third-order valence-electron chi connectivity index (χ3n) is 3.02. The Kier molecular flexibility index (Phi) is 5.90. The van der Waals surface area contributed by atoms with E-state index < -0.39 is 0 Å². The fraction of sp³-hybridized carbons (Fsp3) is 0.400. The number of nitrogens with zero attached hydrogens (tertiary/aromatic N) is 2. The number of hydrogen-bond acceptors (Lipinski definition) is 4. The molecular weight excluding hydrogens is 290 g/mol. The molecule has 0 unspecified atom stereocenters. The van der Waals surface area contributed by atoms with Gasteiger partial charge in [0.2, 0.25) is 0 Å². The molecule has 0 atom stereocenters. The predicted octanol–water partition coefficient (Wildman–Crippen LogP) is 2.73. The van der Waals surface area contributed by atoms with Gasteiger partial charge < -0.3 is 19.4 Å². The first-order chi connectivity index (χ1) is 10.2. The molecule has 6 heteroatoms. The molecule has 0 amide bonds. The molecule has 1 aromatic carbocycles. The van der Waals surface area contributed by atoms with E-state index in [1.165, 1.54) is 0 Å². The molecule has 2 rings (SSSR count). The molecule has 0 saturated carbocycles. The van der Waals surface area contributed by atoms with Gasteiger partial charge in [0.05, 0.1) is 25.0 Å². The predicted molar refractivity (Wildman–Crippen MR) is 83.1 cm³/mol. The molecule has 0 fully saturated rings. The van der Waals surface area contributed by atoms with Crippen LogP contribution in [-0.2, 0) is 13.1 Å². The smallest absolute Gasteiger partial charge is 0.179 e. The lowest BCUT2D eigenvalue weighted by atomic mass is 10.2. The topological polar surface area (TPSA) is 48.3 Å². The van der Waals surface area contributed by atoms with Crippen molar-refractivity contribution in [1.82, 2.24) is 14.9 Å². The van der Waals surface area contributed by atoms with Gasteiger partial charge in [-0.25, -0.2) is 4.98 Å². The van der Waals surface area contributed by atoms with E-state index in [-0.39, 0.29) is 0 Å². The Morgan fingerprint density at radius 2 is 2.24 bits per heavy atom. The number of halogens is 1. The summed E-state index contributed by atoms with van der Waals surface area (Å²) in [6.45, 7) is 4.93. The number of rotatable bonds is 8. The van der Waals surface area contributed by atoms with Crippen molar-refractivity contribution in [3.05, 3.63) is 41.4 Å². The average Bonchev–Trinajstić information content (AvgIpc) is 3.00. The zero-order valence-corrected chi connectivity index (χ0v) is 13.1. The lowest BCUT2D eigenvalue weighted by molar-refractivity contribution is 0.279. The molecule has 1 heterocycles. The van der Waals surface area contributed by atoms with E-state index in [9.17, 15) is 0 Å². The van der Waals surface area contributed by atoms with E-state index in [0.29, 0.717) is 29.7 Å². The zero-order chi connectivity index (χ0) is 15.1. The van der Waals surface area contributed by atoms with Crippen LogP contribution in [0.5, 0.6) is 11.5 Å². The summed E-state index contributed by atoms with van der Waals surface area (Å²) < 4.78 is 13.1. The van der Waals surface area contributed by atoms with E-state index in [4.69, 9.17) is 21.1 Å². The highest BCUT2D eigenvalue weighted by Gasteiger charge is 2.12. The zero-order valence-electron chi connectivity index (χ0n) is 12.3. The van der Waals surface area contributed by atoms with Crippen LogP contribution in [0.15, 0.2) is 30.9 Å². The minimum Gasteiger partial charge on any atom is -0.493 e. The first-order valence-electron chi connectivity index (χ1n) is 6.90. The quantitative estimate of drug-likeness (QED) is 0.814. The maximum absolute atomic E-state index is 6.30. The maximum Gasteiger partial charge on any atom is 0.179 e. The molecule has 5 nitrogen and oxygen atoms in total. The SMILES string of the molecule is CCNCc1cc(Cl)c(OCCn2ccnc2)c(OC)c1. The van der Waals surface area contributed by atoms with Crippen LogP contribution in [0.1, 0.15) is 12.5 Å². The highest BCUT2D eigenvalue weighted by atomic mass is 35.5. The largest absolute Gasteiger partial charge is 0.493 e. The van der Waals surface area contributed by atoms with Gasteiger partial charge in [0.15, 0.2) is 11.5 Å². The van der Waals surface area contributed by atoms with Gasteiger partial charge in [-0.3, -0.25) is 0 Å². The van der Waals surface area contributed by atoms with Crippen LogP contribution >= 0.6 is 11.6 Å². The van der Waals surface area contributed by atoms with Crippen molar-refractivity contribution in [1.29, 1.82) is 0 Å². The molecule has 0 spiro atoms. The summed E-state index contributed by atoms with van der Waals surface area (Å²) in [5, 5.41) is 3.82. The molecule has 0 saturated heterocycles. The Balaban J connectivity index is 2.03. The number of nitrogens with one attached hydrogen (secondary N) is 1. The van der Waals surface area contributed by atoms with Gasteiger partial charge in [-0.05, 0) is 24.2 Å². The summed E-state index contributed by atoms with van der Waals surface area (Å²) in [6.07, 6.45) is 5.38. The molecule has 1 N–H and O–H groups in total. The van der Waals surface area contributed by atoms with Gasteiger partial charge in [-0.2, -0.15) is 0 Å². The number of benzene rings is 1. The second kappa shape index (κ2) is 7.90. The van der Waals surface area contributed by atoms with Crippen molar-refractivity contribution >= 4 is 11.6 Å². The monoisotopic (exact) mass is 309 g/mol. The number of aromatic nitrogens is 2. The van der Waals surface area contributed by atoms with Crippen LogP contribution in [0.2, 0.25) is 5.02 Å². The van der Waals surface area contributed by atoms with Crippen LogP contribution in [0.4, 0.5) is 0 Å². The molecule has 2 aromatic rings. The molecule has 0 aliphatic rings. The number of methoxy groups -OCH3 is 1. The van der Waals surface area contributed by atoms with Crippen molar-refractivity contribution in [2.75, 3.05) is 20.3 Å². The summed E-state index contributed by atoms with van der Waals surface area (Å²) in [5.74, 6) is 1.24. The Bertz CT molecular complexity index is 558. The van der Waals surface area contributed by atoms with E-state index in [2.05, 4.69) is 17.2 Å². The second-order valence-corrected chi connectivity index (χ2v) is 4.95. The normalized spacial score (nSPS) is 10.6. The molecule has 0 bridgehead atoms. The minimum absolute atomic E-state index is 0.499. The summed E-state index contributed by atoms with van der Waals surface area (Å²) in [4.78, 5) is 3.99. The first-order valence-corrected chi connectivity index (χ1v) is 7.28. The molecule has 0 aliphatic heterocycles. The number of imidazole rings is 1. The van der Waals surface area contributed by atoms with E-state index in [0.717, 1.165) is 18.7 Å². The highest BCUT2D eigenvalue weighted by Crippen LogP contribution is 2.36.